The molecular weight excluding hydrogens is 398 g/mol. The van der Waals surface area contributed by atoms with E-state index in [0.717, 1.165) is 20.3 Å². The summed E-state index contributed by atoms with van der Waals surface area (Å²) in [6.45, 7) is 0. The first-order valence-electron chi connectivity index (χ1n) is 5.05. The third-order valence-corrected chi connectivity index (χ3v) is 4.05. The van der Waals surface area contributed by atoms with Crippen LogP contribution in [0.2, 0.25) is 0 Å². The predicted octanol–water partition coefficient (Wildman–Crippen LogP) is 4.22. The maximum atomic E-state index is 12.1. The van der Waals surface area contributed by atoms with Crippen LogP contribution < -0.4 is 5.32 Å². The van der Waals surface area contributed by atoms with Crippen LogP contribution in [-0.4, -0.2) is 17.0 Å². The number of aromatic carboxylic acids is 1. The topological polar surface area (TPSA) is 66.4 Å². The third kappa shape index (κ3) is 3.43. The molecule has 98 valence electrons. The Kier molecular flexibility index (Phi) is 4.38. The highest BCUT2D eigenvalue weighted by molar-refractivity contribution is 9.11. The van der Waals surface area contributed by atoms with E-state index in [1.165, 1.54) is 0 Å². The molecule has 19 heavy (non-hydrogen) atoms. The average molecular weight is 405 g/mol. The molecule has 0 spiro atoms. The molecule has 1 heterocycles. The van der Waals surface area contributed by atoms with Gasteiger partial charge in [0.15, 0.2) is 0 Å². The highest BCUT2D eigenvalue weighted by Crippen LogP contribution is 2.24. The lowest BCUT2D eigenvalue weighted by molar-refractivity contribution is 0.0703. The zero-order valence-corrected chi connectivity index (χ0v) is 13.3. The quantitative estimate of drug-likeness (QED) is 0.804. The van der Waals surface area contributed by atoms with E-state index in [1.54, 1.807) is 23.6 Å². The van der Waals surface area contributed by atoms with Crippen molar-refractivity contribution in [1.29, 1.82) is 0 Å². The van der Waals surface area contributed by atoms with E-state index < -0.39 is 5.97 Å². The summed E-state index contributed by atoms with van der Waals surface area (Å²) in [6.07, 6.45) is 0. The Bertz CT molecular complexity index is 634. The van der Waals surface area contributed by atoms with Gasteiger partial charge in [-0.15, -0.1) is 11.3 Å². The summed E-state index contributed by atoms with van der Waals surface area (Å²) < 4.78 is 1.52. The number of anilines is 1. The van der Waals surface area contributed by atoms with Crippen LogP contribution in [0.3, 0.4) is 0 Å². The van der Waals surface area contributed by atoms with Gasteiger partial charge >= 0.3 is 5.97 Å². The van der Waals surface area contributed by atoms with Gasteiger partial charge in [-0.25, -0.2) is 4.79 Å². The second-order valence-corrected chi connectivity index (χ2v) is 6.33. The number of rotatable bonds is 3. The first-order chi connectivity index (χ1) is 8.97. The number of nitrogens with one attached hydrogen (secondary N) is 1. The molecule has 0 unspecified atom stereocenters. The van der Waals surface area contributed by atoms with Crippen molar-refractivity contribution in [1.82, 2.24) is 0 Å². The fourth-order valence-electron chi connectivity index (χ4n) is 1.45. The maximum absolute atomic E-state index is 12.1. The van der Waals surface area contributed by atoms with E-state index in [0.29, 0.717) is 11.3 Å². The fraction of sp³-hybridized carbons (Fsp3) is 0. The molecule has 0 aliphatic rings. The normalized spacial score (nSPS) is 10.2. The molecule has 0 saturated heterocycles. The van der Waals surface area contributed by atoms with Gasteiger partial charge in [-0.1, -0.05) is 31.9 Å². The van der Waals surface area contributed by atoms with Crippen molar-refractivity contribution in [3.8, 4) is 0 Å². The predicted molar refractivity (Wildman–Crippen MR) is 81.1 cm³/mol. The summed E-state index contributed by atoms with van der Waals surface area (Å²) in [4.78, 5) is 23.1. The molecule has 1 aromatic carbocycles. The summed E-state index contributed by atoms with van der Waals surface area (Å²) >= 11 is 7.66. The number of carboxylic acid groups (broad SMARTS) is 1. The van der Waals surface area contributed by atoms with Crippen LogP contribution in [-0.2, 0) is 0 Å². The number of amides is 1. The van der Waals surface area contributed by atoms with Crippen molar-refractivity contribution in [3.63, 3.8) is 0 Å². The lowest BCUT2D eigenvalue weighted by Crippen LogP contribution is -2.13. The minimum absolute atomic E-state index is 0.113. The van der Waals surface area contributed by atoms with E-state index in [1.807, 2.05) is 6.07 Å². The Labute approximate surface area is 129 Å². The minimum atomic E-state index is -1.05. The molecule has 0 aliphatic heterocycles. The summed E-state index contributed by atoms with van der Waals surface area (Å²) in [7, 11) is 0. The second kappa shape index (κ2) is 5.85. The van der Waals surface area contributed by atoms with Crippen molar-refractivity contribution in [2.75, 3.05) is 5.32 Å². The van der Waals surface area contributed by atoms with Gasteiger partial charge in [0.1, 0.15) is 4.88 Å². The molecule has 0 bridgehead atoms. The minimum Gasteiger partial charge on any atom is -0.477 e. The number of hydrogen-bond donors (Lipinski definition) is 2. The van der Waals surface area contributed by atoms with Gasteiger partial charge in [-0.2, -0.15) is 0 Å². The fourth-order valence-corrected chi connectivity index (χ4v) is 3.43. The molecule has 2 rings (SSSR count). The van der Waals surface area contributed by atoms with Gasteiger partial charge in [-0.3, -0.25) is 4.79 Å². The van der Waals surface area contributed by atoms with E-state index in [2.05, 4.69) is 37.2 Å². The molecule has 0 saturated carbocycles. The number of thiophene rings is 1. The molecule has 4 nitrogen and oxygen atoms in total. The Hall–Kier alpha value is -1.18. The number of benzene rings is 1. The van der Waals surface area contributed by atoms with Gasteiger partial charge in [0.05, 0.1) is 5.69 Å². The van der Waals surface area contributed by atoms with Crippen LogP contribution in [0.4, 0.5) is 5.69 Å². The van der Waals surface area contributed by atoms with E-state index in [9.17, 15) is 9.59 Å². The molecule has 2 aromatic rings. The lowest BCUT2D eigenvalue weighted by Gasteiger charge is -2.05. The zero-order valence-electron chi connectivity index (χ0n) is 9.31. The van der Waals surface area contributed by atoms with Crippen molar-refractivity contribution in [3.05, 3.63) is 49.0 Å². The number of hydrogen-bond acceptors (Lipinski definition) is 3. The molecule has 7 heteroatoms. The van der Waals surface area contributed by atoms with E-state index in [4.69, 9.17) is 5.11 Å². The molecule has 1 aromatic heterocycles. The number of carbonyl (C=O) groups excluding carboxylic acids is 1. The summed E-state index contributed by atoms with van der Waals surface area (Å²) in [6, 6.07) is 6.70. The Morgan fingerprint density at radius 3 is 2.37 bits per heavy atom. The van der Waals surface area contributed by atoms with Crippen molar-refractivity contribution >= 4 is 60.8 Å². The first kappa shape index (κ1) is 14.2. The molecule has 0 atom stereocenters. The van der Waals surface area contributed by atoms with Crippen LogP contribution in [0.5, 0.6) is 0 Å². The van der Waals surface area contributed by atoms with Crippen molar-refractivity contribution in [2.24, 2.45) is 0 Å². The largest absolute Gasteiger partial charge is 0.477 e. The molecular formula is C12H7Br2NO3S. The number of carbonyl (C=O) groups is 2. The molecule has 1 amide bonds. The second-order valence-electron chi connectivity index (χ2n) is 3.58. The highest BCUT2D eigenvalue weighted by Gasteiger charge is 2.15. The van der Waals surface area contributed by atoms with Gasteiger partial charge < -0.3 is 10.4 Å². The smallest absolute Gasteiger partial charge is 0.348 e. The number of carboxylic acids is 1. The van der Waals surface area contributed by atoms with Crippen LogP contribution in [0.25, 0.3) is 0 Å². The molecule has 2 N–H and O–H groups in total. The summed E-state index contributed by atoms with van der Waals surface area (Å²) in [5.74, 6) is -1.41. The maximum Gasteiger partial charge on any atom is 0.348 e. The summed E-state index contributed by atoms with van der Waals surface area (Å²) in [5.41, 5.74) is 0.738. The zero-order chi connectivity index (χ0) is 14.0. The Balaban J connectivity index is 2.25. The van der Waals surface area contributed by atoms with Crippen molar-refractivity contribution < 1.29 is 14.7 Å². The number of halogens is 2. The van der Waals surface area contributed by atoms with Crippen molar-refractivity contribution in [2.45, 2.75) is 0 Å². The van der Waals surface area contributed by atoms with Gasteiger partial charge in [-0.05, 0) is 29.6 Å². The third-order valence-electron chi connectivity index (χ3n) is 2.23. The highest BCUT2D eigenvalue weighted by atomic mass is 79.9. The van der Waals surface area contributed by atoms with E-state index in [-0.39, 0.29) is 10.8 Å². The monoisotopic (exact) mass is 403 g/mol. The Morgan fingerprint density at radius 1 is 1.16 bits per heavy atom. The molecule has 0 aliphatic carbocycles. The Morgan fingerprint density at radius 2 is 1.79 bits per heavy atom. The standard InChI is InChI=1S/C12H7Br2NO3S/c13-7-3-6(4-8(14)5-7)11(16)15-9-1-2-19-10(9)12(17)18/h1-5H,(H,15,16)(H,17,18). The van der Waals surface area contributed by atoms with Gasteiger partial charge in [0, 0.05) is 14.5 Å². The van der Waals surface area contributed by atoms with Crippen LogP contribution in [0.1, 0.15) is 20.0 Å². The van der Waals surface area contributed by atoms with Gasteiger partial charge in [0.2, 0.25) is 0 Å². The van der Waals surface area contributed by atoms with Crippen LogP contribution in [0.15, 0.2) is 38.6 Å². The van der Waals surface area contributed by atoms with Crippen LogP contribution >= 0.6 is 43.2 Å². The van der Waals surface area contributed by atoms with Gasteiger partial charge in [0.25, 0.3) is 5.91 Å². The molecule has 0 radical (unpaired) electrons. The first-order valence-corrected chi connectivity index (χ1v) is 7.52. The van der Waals surface area contributed by atoms with Crippen LogP contribution in [0, 0.1) is 0 Å². The summed E-state index contributed by atoms with van der Waals surface area (Å²) in [5, 5.41) is 13.2. The average Bonchev–Trinajstić information content (AvgIpc) is 2.75. The molecule has 0 fully saturated rings. The lowest BCUT2D eigenvalue weighted by atomic mass is 10.2. The van der Waals surface area contributed by atoms with E-state index >= 15 is 0 Å². The SMILES string of the molecule is O=C(Nc1ccsc1C(=O)O)c1cc(Br)cc(Br)c1.